The molecule has 0 aliphatic heterocycles. The Morgan fingerprint density at radius 3 is 2.35 bits per heavy atom. The van der Waals surface area contributed by atoms with Crippen LogP contribution in [0.1, 0.15) is 32.4 Å². The summed E-state index contributed by atoms with van der Waals surface area (Å²) in [6, 6.07) is 8.45. The van der Waals surface area contributed by atoms with Gasteiger partial charge in [-0.05, 0) is 38.5 Å². The average Bonchev–Trinajstić information content (AvgIpc) is 2.26. The highest BCUT2D eigenvalue weighted by Gasteiger charge is 2.08. The van der Waals surface area contributed by atoms with Crippen molar-refractivity contribution in [2.75, 3.05) is 6.54 Å². The fraction of sp³-hybridized carbons (Fsp3) is 0.462. The van der Waals surface area contributed by atoms with Gasteiger partial charge < -0.3 is 10.6 Å². The highest BCUT2D eigenvalue weighted by atomic mass is 79.9. The molecule has 0 radical (unpaired) electrons. The van der Waals surface area contributed by atoms with Gasteiger partial charge in [0, 0.05) is 16.6 Å². The van der Waals surface area contributed by atoms with Gasteiger partial charge in [0.25, 0.3) is 0 Å². The normalized spacial score (nSPS) is 12.5. The van der Waals surface area contributed by atoms with Crippen molar-refractivity contribution in [2.24, 2.45) is 0 Å². The largest absolute Gasteiger partial charge is 0.353 e. The maximum Gasteiger partial charge on any atom is 0.234 e. The molecule has 0 fully saturated rings. The molecule has 1 amide bonds. The van der Waals surface area contributed by atoms with Crippen molar-refractivity contribution in [2.45, 2.75) is 32.9 Å². The topological polar surface area (TPSA) is 41.1 Å². The maximum atomic E-state index is 11.5. The summed E-state index contributed by atoms with van der Waals surface area (Å²) in [5.74, 6) is 0.0314. The first-order valence-electron chi connectivity index (χ1n) is 5.77. The number of nitrogens with one attached hydrogen (secondary N) is 2. The summed E-state index contributed by atoms with van der Waals surface area (Å²) >= 11 is 3.40. The van der Waals surface area contributed by atoms with E-state index in [2.05, 4.69) is 26.6 Å². The maximum absolute atomic E-state index is 11.5. The second kappa shape index (κ2) is 6.77. The van der Waals surface area contributed by atoms with Crippen LogP contribution in [0.25, 0.3) is 0 Å². The lowest BCUT2D eigenvalue weighted by molar-refractivity contribution is -0.120. The van der Waals surface area contributed by atoms with Gasteiger partial charge in [0.15, 0.2) is 0 Å². The summed E-state index contributed by atoms with van der Waals surface area (Å²) in [6.45, 7) is 6.30. The van der Waals surface area contributed by atoms with E-state index in [1.165, 1.54) is 5.56 Å². The minimum absolute atomic E-state index is 0.0314. The van der Waals surface area contributed by atoms with Crippen molar-refractivity contribution in [3.05, 3.63) is 34.3 Å². The van der Waals surface area contributed by atoms with Crippen LogP contribution in [-0.4, -0.2) is 18.5 Å². The fourth-order valence-corrected chi connectivity index (χ4v) is 1.75. The smallest absolute Gasteiger partial charge is 0.234 e. The molecular weight excluding hydrogens is 280 g/mol. The third-order valence-corrected chi connectivity index (χ3v) is 2.92. The Balaban J connectivity index is 2.42. The minimum atomic E-state index is 0.0314. The molecule has 0 saturated carbocycles. The van der Waals surface area contributed by atoms with Crippen molar-refractivity contribution in [3.8, 4) is 0 Å². The number of hydrogen-bond acceptors (Lipinski definition) is 2. The molecule has 94 valence electrons. The molecule has 1 aromatic rings. The van der Waals surface area contributed by atoms with E-state index in [9.17, 15) is 4.79 Å². The van der Waals surface area contributed by atoms with Crippen LogP contribution in [-0.2, 0) is 4.79 Å². The summed E-state index contributed by atoms with van der Waals surface area (Å²) in [5, 5.41) is 6.05. The van der Waals surface area contributed by atoms with Crippen LogP contribution in [0.4, 0.5) is 0 Å². The zero-order chi connectivity index (χ0) is 12.8. The molecule has 0 heterocycles. The summed E-state index contributed by atoms with van der Waals surface area (Å²) in [4.78, 5) is 11.5. The lowest BCUT2D eigenvalue weighted by atomic mass is 10.1. The van der Waals surface area contributed by atoms with E-state index in [-0.39, 0.29) is 18.0 Å². The van der Waals surface area contributed by atoms with Crippen molar-refractivity contribution in [1.29, 1.82) is 0 Å². The summed E-state index contributed by atoms with van der Waals surface area (Å²) in [6.07, 6.45) is 0. The van der Waals surface area contributed by atoms with E-state index >= 15 is 0 Å². The number of hydrogen-bond donors (Lipinski definition) is 2. The average molecular weight is 299 g/mol. The number of benzene rings is 1. The summed E-state index contributed by atoms with van der Waals surface area (Å²) in [5.41, 5.74) is 1.17. The van der Waals surface area contributed by atoms with Crippen LogP contribution >= 0.6 is 15.9 Å². The molecule has 17 heavy (non-hydrogen) atoms. The first-order chi connectivity index (χ1) is 7.99. The lowest BCUT2D eigenvalue weighted by Crippen LogP contribution is -2.38. The monoisotopic (exact) mass is 298 g/mol. The van der Waals surface area contributed by atoms with Crippen molar-refractivity contribution >= 4 is 21.8 Å². The van der Waals surface area contributed by atoms with Crippen LogP contribution in [0.5, 0.6) is 0 Å². The van der Waals surface area contributed by atoms with Crippen LogP contribution in [0.15, 0.2) is 28.7 Å². The highest BCUT2D eigenvalue weighted by molar-refractivity contribution is 9.10. The molecule has 0 spiro atoms. The number of carbonyl (C=O) groups is 1. The van der Waals surface area contributed by atoms with Gasteiger partial charge in [-0.1, -0.05) is 28.1 Å². The first-order valence-corrected chi connectivity index (χ1v) is 6.56. The summed E-state index contributed by atoms with van der Waals surface area (Å²) < 4.78 is 1.06. The molecular formula is C13H19BrN2O. The molecule has 1 atom stereocenters. The van der Waals surface area contributed by atoms with Gasteiger partial charge in [-0.3, -0.25) is 4.79 Å². The zero-order valence-corrected chi connectivity index (χ0v) is 12.0. The van der Waals surface area contributed by atoms with E-state index in [1.807, 2.05) is 45.0 Å². The Morgan fingerprint density at radius 1 is 1.24 bits per heavy atom. The second-order valence-corrected chi connectivity index (χ2v) is 5.29. The third-order valence-electron chi connectivity index (χ3n) is 2.39. The molecule has 1 unspecified atom stereocenters. The van der Waals surface area contributed by atoms with E-state index < -0.39 is 0 Å². The number of rotatable bonds is 5. The standard InChI is InChI=1S/C13H19BrN2O/c1-9(2)16-13(17)8-15-10(3)11-4-6-12(14)7-5-11/h4-7,9-10,15H,8H2,1-3H3,(H,16,17). The van der Waals surface area contributed by atoms with Gasteiger partial charge in [0.1, 0.15) is 0 Å². The Labute approximate surface area is 111 Å². The lowest BCUT2D eigenvalue weighted by Gasteiger charge is -2.15. The molecule has 0 saturated heterocycles. The quantitative estimate of drug-likeness (QED) is 0.877. The van der Waals surface area contributed by atoms with Crippen molar-refractivity contribution in [1.82, 2.24) is 10.6 Å². The van der Waals surface area contributed by atoms with Crippen LogP contribution in [0.2, 0.25) is 0 Å². The van der Waals surface area contributed by atoms with Gasteiger partial charge >= 0.3 is 0 Å². The first kappa shape index (κ1) is 14.2. The second-order valence-electron chi connectivity index (χ2n) is 4.38. The Hall–Kier alpha value is -0.870. The predicted octanol–water partition coefficient (Wildman–Crippen LogP) is 2.62. The number of amides is 1. The number of carbonyl (C=O) groups excluding carboxylic acids is 1. The third kappa shape index (κ3) is 5.33. The predicted molar refractivity (Wildman–Crippen MR) is 73.8 cm³/mol. The molecule has 0 bridgehead atoms. The Bertz CT molecular complexity index is 362. The van der Waals surface area contributed by atoms with Crippen molar-refractivity contribution in [3.63, 3.8) is 0 Å². The minimum Gasteiger partial charge on any atom is -0.353 e. The Morgan fingerprint density at radius 2 is 1.82 bits per heavy atom. The molecule has 0 aromatic heterocycles. The molecule has 2 N–H and O–H groups in total. The number of halogens is 1. The van der Waals surface area contributed by atoms with E-state index in [1.54, 1.807) is 0 Å². The van der Waals surface area contributed by atoms with Crippen LogP contribution in [0, 0.1) is 0 Å². The van der Waals surface area contributed by atoms with E-state index in [0.717, 1.165) is 4.47 Å². The summed E-state index contributed by atoms with van der Waals surface area (Å²) in [7, 11) is 0. The zero-order valence-electron chi connectivity index (χ0n) is 10.5. The Kier molecular flexibility index (Phi) is 5.65. The van der Waals surface area contributed by atoms with Crippen molar-refractivity contribution < 1.29 is 4.79 Å². The molecule has 1 aromatic carbocycles. The van der Waals surface area contributed by atoms with E-state index in [4.69, 9.17) is 0 Å². The highest BCUT2D eigenvalue weighted by Crippen LogP contribution is 2.16. The van der Waals surface area contributed by atoms with Gasteiger partial charge in [-0.2, -0.15) is 0 Å². The molecule has 0 aliphatic carbocycles. The van der Waals surface area contributed by atoms with Gasteiger partial charge in [0.2, 0.25) is 5.91 Å². The molecule has 0 aliphatic rings. The molecule has 3 nitrogen and oxygen atoms in total. The van der Waals surface area contributed by atoms with E-state index in [0.29, 0.717) is 6.54 Å². The molecule has 1 rings (SSSR count). The van der Waals surface area contributed by atoms with Crippen LogP contribution in [0.3, 0.4) is 0 Å². The van der Waals surface area contributed by atoms with Gasteiger partial charge in [-0.15, -0.1) is 0 Å². The fourth-order valence-electron chi connectivity index (χ4n) is 1.49. The SMILES string of the molecule is CC(C)NC(=O)CNC(C)c1ccc(Br)cc1. The van der Waals surface area contributed by atoms with Gasteiger partial charge in [0.05, 0.1) is 6.54 Å². The molecule has 4 heteroatoms. The van der Waals surface area contributed by atoms with Gasteiger partial charge in [-0.25, -0.2) is 0 Å². The van der Waals surface area contributed by atoms with Crippen LogP contribution < -0.4 is 10.6 Å².